The molecule has 4 nitrogen and oxygen atoms in total. The number of hydrogen-bond donors (Lipinski definition) is 1. The lowest BCUT2D eigenvalue weighted by Crippen LogP contribution is -1.99. The third-order valence-electron chi connectivity index (χ3n) is 2.55. The minimum absolute atomic E-state index is 0.335. The molecule has 0 saturated heterocycles. The first kappa shape index (κ1) is 12.5. The van der Waals surface area contributed by atoms with E-state index in [1.165, 1.54) is 6.07 Å². The third-order valence-corrected chi connectivity index (χ3v) is 2.79. The summed E-state index contributed by atoms with van der Waals surface area (Å²) in [5.41, 5.74) is 10.1. The van der Waals surface area contributed by atoms with Crippen LogP contribution < -0.4 is 0 Å². The minimum atomic E-state index is -0.844. The Kier molecular flexibility index (Phi) is 3.85. The van der Waals surface area contributed by atoms with Gasteiger partial charge in [-0.15, -0.1) is 0 Å². The molecule has 0 bridgehead atoms. The van der Waals surface area contributed by atoms with Crippen LogP contribution in [0.25, 0.3) is 10.4 Å². The zero-order valence-corrected chi connectivity index (χ0v) is 10.1. The summed E-state index contributed by atoms with van der Waals surface area (Å²) < 4.78 is 0. The Bertz CT molecular complexity index is 594. The van der Waals surface area contributed by atoms with Gasteiger partial charge in [-0.05, 0) is 28.8 Å². The smallest absolute Gasteiger partial charge is 0.104 e. The highest BCUT2D eigenvalue weighted by Gasteiger charge is 2.13. The van der Waals surface area contributed by atoms with Crippen LogP contribution in [0, 0.1) is 0 Å². The summed E-state index contributed by atoms with van der Waals surface area (Å²) in [6.45, 7) is 0. The molecule has 1 unspecified atom stereocenters. The van der Waals surface area contributed by atoms with Gasteiger partial charge in [0.2, 0.25) is 0 Å². The Morgan fingerprint density at radius 3 is 2.56 bits per heavy atom. The van der Waals surface area contributed by atoms with Gasteiger partial charge < -0.3 is 5.11 Å². The molecule has 0 aliphatic heterocycles. The lowest BCUT2D eigenvalue weighted by atomic mass is 10.0. The van der Waals surface area contributed by atoms with Gasteiger partial charge in [0.25, 0.3) is 0 Å². The Balaban J connectivity index is 2.48. The first-order valence-corrected chi connectivity index (χ1v) is 5.67. The van der Waals surface area contributed by atoms with Gasteiger partial charge in [0.15, 0.2) is 0 Å². The summed E-state index contributed by atoms with van der Waals surface area (Å²) in [6, 6.07) is 14.0. The number of halogens is 1. The van der Waals surface area contributed by atoms with Gasteiger partial charge in [0.05, 0.1) is 0 Å². The van der Waals surface area contributed by atoms with E-state index in [1.54, 1.807) is 24.3 Å². The predicted molar refractivity (Wildman–Crippen MR) is 70.8 cm³/mol. The summed E-state index contributed by atoms with van der Waals surface area (Å²) in [5.74, 6) is 0. The van der Waals surface area contributed by atoms with Crippen molar-refractivity contribution in [2.24, 2.45) is 5.11 Å². The molecule has 0 aromatic heterocycles. The van der Waals surface area contributed by atoms with Gasteiger partial charge >= 0.3 is 0 Å². The number of nitrogens with zero attached hydrogens (tertiary/aromatic N) is 3. The van der Waals surface area contributed by atoms with Crippen LogP contribution >= 0.6 is 11.6 Å². The highest BCUT2D eigenvalue weighted by molar-refractivity contribution is 6.30. The Hall–Kier alpha value is -2.00. The van der Waals surface area contributed by atoms with Crippen molar-refractivity contribution in [3.63, 3.8) is 0 Å². The molecule has 2 aromatic rings. The van der Waals surface area contributed by atoms with Gasteiger partial charge in [0.1, 0.15) is 6.10 Å². The van der Waals surface area contributed by atoms with Gasteiger partial charge in [-0.2, -0.15) is 0 Å². The zero-order valence-electron chi connectivity index (χ0n) is 9.36. The highest BCUT2D eigenvalue weighted by Crippen LogP contribution is 2.32. The molecule has 0 amide bonds. The predicted octanol–water partition coefficient (Wildman–Crippen LogP) is 4.36. The van der Waals surface area contributed by atoms with Crippen LogP contribution in [-0.4, -0.2) is 5.11 Å². The standard InChI is InChI=1S/C13H10ClN3O/c14-10-6-7-11(12(8-10)16-17-15)13(18)9-4-2-1-3-5-9/h1-8,13,18H. The maximum absolute atomic E-state index is 10.3. The van der Waals surface area contributed by atoms with E-state index >= 15 is 0 Å². The Labute approximate surface area is 109 Å². The number of benzene rings is 2. The molecule has 90 valence electrons. The van der Waals surface area contributed by atoms with E-state index in [2.05, 4.69) is 10.0 Å². The van der Waals surface area contributed by atoms with Crippen LogP contribution in [-0.2, 0) is 0 Å². The minimum Gasteiger partial charge on any atom is -0.384 e. The molecule has 0 radical (unpaired) electrons. The van der Waals surface area contributed by atoms with Gasteiger partial charge in [-0.1, -0.05) is 53.1 Å². The van der Waals surface area contributed by atoms with E-state index in [-0.39, 0.29) is 0 Å². The average molecular weight is 260 g/mol. The van der Waals surface area contributed by atoms with Gasteiger partial charge in [-0.3, -0.25) is 0 Å². The number of azide groups is 1. The normalized spacial score (nSPS) is 11.7. The fourth-order valence-electron chi connectivity index (χ4n) is 1.70. The Morgan fingerprint density at radius 1 is 1.17 bits per heavy atom. The third kappa shape index (κ3) is 2.63. The highest BCUT2D eigenvalue weighted by atomic mass is 35.5. The molecule has 1 atom stereocenters. The quantitative estimate of drug-likeness (QED) is 0.496. The molecular weight excluding hydrogens is 250 g/mol. The second-order valence-corrected chi connectivity index (χ2v) is 4.14. The number of aliphatic hydroxyl groups excluding tert-OH is 1. The van der Waals surface area contributed by atoms with Crippen molar-refractivity contribution >= 4 is 17.3 Å². The first-order valence-electron chi connectivity index (χ1n) is 5.30. The lowest BCUT2D eigenvalue weighted by molar-refractivity contribution is 0.221. The fourth-order valence-corrected chi connectivity index (χ4v) is 1.86. The Morgan fingerprint density at radius 2 is 1.89 bits per heavy atom. The molecule has 1 N–H and O–H groups in total. The second-order valence-electron chi connectivity index (χ2n) is 3.71. The van der Waals surface area contributed by atoms with E-state index in [0.29, 0.717) is 16.3 Å². The average Bonchev–Trinajstić information content (AvgIpc) is 2.40. The molecule has 0 spiro atoms. The molecule has 0 aliphatic rings. The molecule has 0 fully saturated rings. The maximum atomic E-state index is 10.3. The van der Waals surface area contributed by atoms with E-state index in [9.17, 15) is 5.11 Å². The van der Waals surface area contributed by atoms with Crippen molar-refractivity contribution in [3.05, 3.63) is 75.1 Å². The molecule has 2 aromatic carbocycles. The van der Waals surface area contributed by atoms with E-state index in [4.69, 9.17) is 17.1 Å². The number of aliphatic hydroxyl groups is 1. The summed E-state index contributed by atoms with van der Waals surface area (Å²) in [4.78, 5) is 2.74. The van der Waals surface area contributed by atoms with E-state index < -0.39 is 6.10 Å². The summed E-state index contributed by atoms with van der Waals surface area (Å²) in [6.07, 6.45) is -0.844. The van der Waals surface area contributed by atoms with Crippen LogP contribution in [0.4, 0.5) is 5.69 Å². The van der Waals surface area contributed by atoms with Crippen molar-refractivity contribution in [2.75, 3.05) is 0 Å². The summed E-state index contributed by atoms with van der Waals surface area (Å²) >= 11 is 5.84. The van der Waals surface area contributed by atoms with Crippen LogP contribution in [0.5, 0.6) is 0 Å². The van der Waals surface area contributed by atoms with Crippen molar-refractivity contribution in [1.82, 2.24) is 0 Å². The van der Waals surface area contributed by atoms with Crippen LogP contribution in [0.2, 0.25) is 5.02 Å². The van der Waals surface area contributed by atoms with Crippen LogP contribution in [0.1, 0.15) is 17.2 Å². The first-order chi connectivity index (χ1) is 8.72. The lowest BCUT2D eigenvalue weighted by Gasteiger charge is -2.13. The van der Waals surface area contributed by atoms with E-state index in [1.807, 2.05) is 18.2 Å². The molecule has 2 rings (SSSR count). The second kappa shape index (κ2) is 5.56. The molecule has 18 heavy (non-hydrogen) atoms. The largest absolute Gasteiger partial charge is 0.384 e. The van der Waals surface area contributed by atoms with Crippen molar-refractivity contribution in [1.29, 1.82) is 0 Å². The molecule has 0 heterocycles. The van der Waals surface area contributed by atoms with Crippen molar-refractivity contribution in [2.45, 2.75) is 6.10 Å². The fraction of sp³-hybridized carbons (Fsp3) is 0.0769. The van der Waals surface area contributed by atoms with Gasteiger partial charge in [-0.25, -0.2) is 0 Å². The molecular formula is C13H10ClN3O. The topological polar surface area (TPSA) is 69.0 Å². The van der Waals surface area contributed by atoms with Gasteiger partial charge in [0, 0.05) is 15.6 Å². The zero-order chi connectivity index (χ0) is 13.0. The number of hydrogen-bond acceptors (Lipinski definition) is 2. The monoisotopic (exact) mass is 259 g/mol. The van der Waals surface area contributed by atoms with Crippen molar-refractivity contribution in [3.8, 4) is 0 Å². The number of rotatable bonds is 3. The molecule has 0 saturated carbocycles. The molecule has 5 heteroatoms. The van der Waals surface area contributed by atoms with Crippen LogP contribution in [0.3, 0.4) is 0 Å². The van der Waals surface area contributed by atoms with E-state index in [0.717, 1.165) is 5.56 Å². The summed E-state index contributed by atoms with van der Waals surface area (Å²) in [5, 5.41) is 14.3. The van der Waals surface area contributed by atoms with Crippen molar-refractivity contribution < 1.29 is 5.11 Å². The SMILES string of the molecule is [N-]=[N+]=Nc1cc(Cl)ccc1C(O)c1ccccc1. The maximum Gasteiger partial charge on any atom is 0.104 e. The molecule has 0 aliphatic carbocycles. The van der Waals surface area contributed by atoms with Crippen LogP contribution in [0.15, 0.2) is 53.6 Å². The summed E-state index contributed by atoms with van der Waals surface area (Å²) in [7, 11) is 0.